The highest BCUT2D eigenvalue weighted by Crippen LogP contribution is 2.19. The third-order valence-electron chi connectivity index (χ3n) is 2.96. The first kappa shape index (κ1) is 13.6. The molecule has 0 saturated heterocycles. The standard InChI is InChI=1S/C13H16N2O3S/c1-9-3-4-11(5-10(9)2)15-19(17,18)13-6-12(8-16)14-7-13/h3-7,14-16H,8H2,1-2H3. The third kappa shape index (κ3) is 2.97. The molecule has 0 aliphatic carbocycles. The van der Waals surface area contributed by atoms with Crippen LogP contribution in [0.15, 0.2) is 35.4 Å². The molecule has 3 N–H and O–H groups in total. The van der Waals surface area contributed by atoms with Crippen LogP contribution in [0.3, 0.4) is 0 Å². The number of nitrogens with one attached hydrogen (secondary N) is 2. The summed E-state index contributed by atoms with van der Waals surface area (Å²) in [6, 6.07) is 6.78. The first-order chi connectivity index (χ1) is 8.92. The number of aliphatic hydroxyl groups excluding tert-OH is 1. The van der Waals surface area contributed by atoms with Crippen molar-refractivity contribution < 1.29 is 13.5 Å². The second-order valence-corrected chi connectivity index (χ2v) is 6.11. The zero-order valence-electron chi connectivity index (χ0n) is 10.8. The molecule has 0 aliphatic rings. The Morgan fingerprint density at radius 1 is 1.21 bits per heavy atom. The molecule has 1 heterocycles. The summed E-state index contributed by atoms with van der Waals surface area (Å²) in [5.74, 6) is 0. The summed E-state index contributed by atoms with van der Waals surface area (Å²) >= 11 is 0. The normalized spacial score (nSPS) is 11.5. The van der Waals surface area contributed by atoms with E-state index in [2.05, 4.69) is 9.71 Å². The number of hydrogen-bond donors (Lipinski definition) is 3. The highest BCUT2D eigenvalue weighted by atomic mass is 32.2. The average Bonchev–Trinajstić information content (AvgIpc) is 2.83. The number of sulfonamides is 1. The van der Waals surface area contributed by atoms with Crippen molar-refractivity contribution >= 4 is 15.7 Å². The molecule has 0 spiro atoms. The highest BCUT2D eigenvalue weighted by molar-refractivity contribution is 7.92. The maximum Gasteiger partial charge on any atom is 0.263 e. The maximum atomic E-state index is 12.1. The molecule has 0 fully saturated rings. The molecular weight excluding hydrogens is 264 g/mol. The number of anilines is 1. The van der Waals surface area contributed by atoms with Gasteiger partial charge in [-0.1, -0.05) is 6.07 Å². The molecule has 0 saturated carbocycles. The van der Waals surface area contributed by atoms with Crippen LogP contribution < -0.4 is 4.72 Å². The average molecular weight is 280 g/mol. The van der Waals surface area contributed by atoms with Gasteiger partial charge in [-0.15, -0.1) is 0 Å². The van der Waals surface area contributed by atoms with Crippen LogP contribution in [-0.4, -0.2) is 18.5 Å². The summed E-state index contributed by atoms with van der Waals surface area (Å²) < 4.78 is 26.7. The molecule has 0 unspecified atom stereocenters. The van der Waals surface area contributed by atoms with Crippen LogP contribution in [0.4, 0.5) is 5.69 Å². The Balaban J connectivity index is 2.28. The zero-order valence-corrected chi connectivity index (χ0v) is 11.6. The molecule has 0 aliphatic heterocycles. The number of hydrogen-bond acceptors (Lipinski definition) is 3. The van der Waals surface area contributed by atoms with Gasteiger partial charge >= 0.3 is 0 Å². The Kier molecular flexibility index (Phi) is 3.64. The molecule has 2 aromatic rings. The molecule has 0 atom stereocenters. The summed E-state index contributed by atoms with van der Waals surface area (Å²) in [7, 11) is -3.62. The molecule has 0 bridgehead atoms. The van der Waals surface area contributed by atoms with Crippen molar-refractivity contribution in [1.82, 2.24) is 4.98 Å². The Labute approximate surface area is 112 Å². The van der Waals surface area contributed by atoms with Gasteiger partial charge in [0.15, 0.2) is 0 Å². The van der Waals surface area contributed by atoms with Gasteiger partial charge in [0.25, 0.3) is 10.0 Å². The van der Waals surface area contributed by atoms with Crippen molar-refractivity contribution in [3.63, 3.8) is 0 Å². The fraction of sp³-hybridized carbons (Fsp3) is 0.231. The molecular formula is C13H16N2O3S. The van der Waals surface area contributed by atoms with Crippen molar-refractivity contribution in [2.75, 3.05) is 4.72 Å². The van der Waals surface area contributed by atoms with Gasteiger partial charge in [0.1, 0.15) is 4.90 Å². The first-order valence-electron chi connectivity index (χ1n) is 5.80. The van der Waals surface area contributed by atoms with Crippen LogP contribution in [0.5, 0.6) is 0 Å². The van der Waals surface area contributed by atoms with E-state index in [9.17, 15) is 8.42 Å². The fourth-order valence-corrected chi connectivity index (χ4v) is 2.75. The molecule has 102 valence electrons. The number of aliphatic hydroxyl groups is 1. The van der Waals surface area contributed by atoms with Crippen LogP contribution in [0.25, 0.3) is 0 Å². The smallest absolute Gasteiger partial charge is 0.263 e. The van der Waals surface area contributed by atoms with Crippen LogP contribution in [0.2, 0.25) is 0 Å². The lowest BCUT2D eigenvalue weighted by atomic mass is 10.1. The maximum absolute atomic E-state index is 12.1. The number of benzene rings is 1. The largest absolute Gasteiger partial charge is 0.390 e. The van der Waals surface area contributed by atoms with E-state index in [4.69, 9.17) is 5.11 Å². The van der Waals surface area contributed by atoms with Crippen LogP contribution >= 0.6 is 0 Å². The first-order valence-corrected chi connectivity index (χ1v) is 7.29. The van der Waals surface area contributed by atoms with E-state index < -0.39 is 10.0 Å². The van der Waals surface area contributed by atoms with Gasteiger partial charge in [0.05, 0.1) is 6.61 Å². The topological polar surface area (TPSA) is 82.2 Å². The second-order valence-electron chi connectivity index (χ2n) is 4.42. The molecule has 1 aromatic heterocycles. The lowest BCUT2D eigenvalue weighted by molar-refractivity contribution is 0.277. The van der Waals surface area contributed by atoms with Crippen molar-refractivity contribution in [3.05, 3.63) is 47.3 Å². The summed E-state index contributed by atoms with van der Waals surface area (Å²) in [5, 5.41) is 8.93. The minimum absolute atomic E-state index is 0.106. The van der Waals surface area contributed by atoms with Gasteiger partial charge in [0.2, 0.25) is 0 Å². The molecule has 2 rings (SSSR count). The van der Waals surface area contributed by atoms with Gasteiger partial charge in [-0.05, 0) is 43.2 Å². The van der Waals surface area contributed by atoms with Gasteiger partial charge in [-0.3, -0.25) is 4.72 Å². The number of aromatic amines is 1. The lowest BCUT2D eigenvalue weighted by Gasteiger charge is -2.08. The Morgan fingerprint density at radius 3 is 2.53 bits per heavy atom. The van der Waals surface area contributed by atoms with Crippen LogP contribution in [0.1, 0.15) is 16.8 Å². The minimum Gasteiger partial charge on any atom is -0.390 e. The summed E-state index contributed by atoms with van der Waals surface area (Å²) in [5.41, 5.74) is 3.10. The van der Waals surface area contributed by atoms with Crippen LogP contribution in [0, 0.1) is 13.8 Å². The Morgan fingerprint density at radius 2 is 1.95 bits per heavy atom. The van der Waals surface area contributed by atoms with Crippen molar-refractivity contribution in [1.29, 1.82) is 0 Å². The second kappa shape index (κ2) is 5.07. The van der Waals surface area contributed by atoms with Crippen LogP contribution in [-0.2, 0) is 16.6 Å². The van der Waals surface area contributed by atoms with Gasteiger partial charge in [0, 0.05) is 17.6 Å². The monoisotopic (exact) mass is 280 g/mol. The van der Waals surface area contributed by atoms with E-state index in [-0.39, 0.29) is 11.5 Å². The molecule has 19 heavy (non-hydrogen) atoms. The number of rotatable bonds is 4. The zero-order chi connectivity index (χ0) is 14.0. The van der Waals surface area contributed by atoms with E-state index >= 15 is 0 Å². The number of aromatic nitrogens is 1. The summed E-state index contributed by atoms with van der Waals surface area (Å²) in [4.78, 5) is 2.80. The number of H-pyrrole nitrogens is 1. The van der Waals surface area contributed by atoms with E-state index in [1.807, 2.05) is 19.9 Å². The molecule has 0 radical (unpaired) electrons. The molecule has 1 aromatic carbocycles. The summed E-state index contributed by atoms with van der Waals surface area (Å²) in [6.45, 7) is 3.67. The summed E-state index contributed by atoms with van der Waals surface area (Å²) in [6.07, 6.45) is 1.36. The minimum atomic E-state index is -3.62. The van der Waals surface area contributed by atoms with E-state index in [0.29, 0.717) is 11.4 Å². The molecule has 0 amide bonds. The molecule has 5 nitrogen and oxygen atoms in total. The SMILES string of the molecule is Cc1ccc(NS(=O)(=O)c2c[nH]c(CO)c2)cc1C. The quantitative estimate of drug-likeness (QED) is 0.800. The fourth-order valence-electron chi connectivity index (χ4n) is 1.68. The predicted octanol–water partition coefficient (Wildman–Crippen LogP) is 1.92. The number of aryl methyl sites for hydroxylation is 2. The van der Waals surface area contributed by atoms with Gasteiger partial charge in [-0.25, -0.2) is 8.42 Å². The van der Waals surface area contributed by atoms with E-state index in [1.54, 1.807) is 12.1 Å². The Bertz CT molecular complexity index is 690. The molecule has 6 heteroatoms. The van der Waals surface area contributed by atoms with Crippen molar-refractivity contribution in [2.45, 2.75) is 25.3 Å². The third-order valence-corrected chi connectivity index (χ3v) is 4.32. The van der Waals surface area contributed by atoms with Crippen molar-refractivity contribution in [2.24, 2.45) is 0 Å². The van der Waals surface area contributed by atoms with Gasteiger partial charge in [-0.2, -0.15) is 0 Å². The lowest BCUT2D eigenvalue weighted by Crippen LogP contribution is -2.12. The highest BCUT2D eigenvalue weighted by Gasteiger charge is 2.16. The van der Waals surface area contributed by atoms with Gasteiger partial charge < -0.3 is 10.1 Å². The Hall–Kier alpha value is -1.79. The van der Waals surface area contributed by atoms with Crippen molar-refractivity contribution in [3.8, 4) is 0 Å². The predicted molar refractivity (Wildman–Crippen MR) is 73.4 cm³/mol. The van der Waals surface area contributed by atoms with E-state index in [1.165, 1.54) is 12.3 Å². The van der Waals surface area contributed by atoms with E-state index in [0.717, 1.165) is 11.1 Å².